The third kappa shape index (κ3) is 3.06. The van der Waals surface area contributed by atoms with Crippen molar-refractivity contribution >= 4 is 22.6 Å². The van der Waals surface area contributed by atoms with Crippen LogP contribution in [0.1, 0.15) is 10.4 Å². The van der Waals surface area contributed by atoms with Gasteiger partial charge in [0.05, 0.1) is 7.11 Å². The van der Waals surface area contributed by atoms with Crippen molar-refractivity contribution in [3.05, 3.63) is 70.3 Å². The highest BCUT2D eigenvalue weighted by Crippen LogP contribution is 2.20. The second-order valence-electron chi connectivity index (χ2n) is 4.81. The van der Waals surface area contributed by atoms with Crippen LogP contribution in [0.3, 0.4) is 0 Å². The molecule has 5 nitrogen and oxygen atoms in total. The molecule has 0 aliphatic carbocycles. The Morgan fingerprint density at radius 3 is 2.57 bits per heavy atom. The van der Waals surface area contributed by atoms with Gasteiger partial charge in [-0.15, -0.1) is 0 Å². The van der Waals surface area contributed by atoms with Crippen molar-refractivity contribution in [2.24, 2.45) is 0 Å². The number of amides is 1. The van der Waals surface area contributed by atoms with Crippen LogP contribution in [0.2, 0.25) is 0 Å². The van der Waals surface area contributed by atoms with E-state index in [4.69, 9.17) is 9.15 Å². The maximum atomic E-state index is 12.9. The van der Waals surface area contributed by atoms with Gasteiger partial charge in [-0.1, -0.05) is 0 Å². The second kappa shape index (κ2) is 5.92. The van der Waals surface area contributed by atoms with E-state index >= 15 is 0 Å². The number of halogens is 1. The lowest BCUT2D eigenvalue weighted by Gasteiger charge is -2.06. The molecule has 116 valence electrons. The molecule has 1 N–H and O–H groups in total. The minimum Gasteiger partial charge on any atom is -0.497 e. The molecule has 0 saturated carbocycles. The second-order valence-corrected chi connectivity index (χ2v) is 4.81. The zero-order valence-corrected chi connectivity index (χ0v) is 12.1. The summed E-state index contributed by atoms with van der Waals surface area (Å²) in [7, 11) is 1.50. The van der Waals surface area contributed by atoms with Crippen LogP contribution in [0.15, 0.2) is 57.7 Å². The molecule has 0 saturated heterocycles. The Morgan fingerprint density at radius 1 is 1.13 bits per heavy atom. The summed E-state index contributed by atoms with van der Waals surface area (Å²) in [5.41, 5.74) is -0.185. The fourth-order valence-corrected chi connectivity index (χ4v) is 2.11. The molecule has 0 atom stereocenters. The van der Waals surface area contributed by atoms with Crippen LogP contribution < -0.4 is 15.7 Å². The summed E-state index contributed by atoms with van der Waals surface area (Å²) < 4.78 is 23.1. The van der Waals surface area contributed by atoms with E-state index in [9.17, 15) is 14.0 Å². The summed E-state index contributed by atoms with van der Waals surface area (Å²) in [4.78, 5) is 24.2. The number of methoxy groups -OCH3 is 1. The quantitative estimate of drug-likeness (QED) is 0.754. The Bertz CT molecular complexity index is 931. The number of fused-ring (bicyclic) bond motifs is 1. The standard InChI is InChI=1S/C17H12FNO4/c1-22-13-7-2-10-8-14(17(21)23-15(10)9-13)16(20)19-12-5-3-11(18)4-6-12/h2-9H,1H3,(H,19,20). The molecule has 3 aromatic rings. The lowest BCUT2D eigenvalue weighted by molar-refractivity contribution is 0.102. The van der Waals surface area contributed by atoms with Crippen molar-refractivity contribution in [3.8, 4) is 5.75 Å². The van der Waals surface area contributed by atoms with Crippen LogP contribution in [0.5, 0.6) is 5.75 Å². The molecule has 0 aliphatic heterocycles. The number of anilines is 1. The molecule has 0 unspecified atom stereocenters. The maximum absolute atomic E-state index is 12.9. The summed E-state index contributed by atoms with van der Waals surface area (Å²) in [5, 5.41) is 3.12. The molecule has 1 aromatic heterocycles. The lowest BCUT2D eigenvalue weighted by Crippen LogP contribution is -2.20. The smallest absolute Gasteiger partial charge is 0.349 e. The normalized spacial score (nSPS) is 10.5. The number of rotatable bonds is 3. The summed E-state index contributed by atoms with van der Waals surface area (Å²) in [6.07, 6.45) is 0. The SMILES string of the molecule is COc1ccc2cc(C(=O)Nc3ccc(F)cc3)c(=O)oc2c1. The minimum absolute atomic E-state index is 0.132. The Balaban J connectivity index is 1.95. The average molecular weight is 313 g/mol. The van der Waals surface area contributed by atoms with Gasteiger partial charge in [-0.2, -0.15) is 0 Å². The molecular formula is C17H12FNO4. The molecular weight excluding hydrogens is 301 g/mol. The molecule has 0 bridgehead atoms. The summed E-state index contributed by atoms with van der Waals surface area (Å²) >= 11 is 0. The predicted molar refractivity (Wildman–Crippen MR) is 83.4 cm³/mol. The highest BCUT2D eigenvalue weighted by Gasteiger charge is 2.14. The lowest BCUT2D eigenvalue weighted by atomic mass is 10.1. The first-order valence-corrected chi connectivity index (χ1v) is 6.75. The van der Waals surface area contributed by atoms with Gasteiger partial charge in [0.2, 0.25) is 0 Å². The first-order valence-electron chi connectivity index (χ1n) is 6.75. The van der Waals surface area contributed by atoms with Gasteiger partial charge < -0.3 is 14.5 Å². The zero-order valence-electron chi connectivity index (χ0n) is 12.1. The third-order valence-corrected chi connectivity index (χ3v) is 3.29. The molecule has 1 amide bonds. The number of nitrogens with one attached hydrogen (secondary N) is 1. The van der Waals surface area contributed by atoms with Gasteiger partial charge in [-0.05, 0) is 42.5 Å². The Labute approximate surface area is 130 Å². The van der Waals surface area contributed by atoms with Crippen LogP contribution in [0, 0.1) is 5.82 Å². The van der Waals surface area contributed by atoms with E-state index in [0.717, 1.165) is 0 Å². The zero-order chi connectivity index (χ0) is 16.4. The van der Waals surface area contributed by atoms with Gasteiger partial charge in [-0.3, -0.25) is 4.79 Å². The molecule has 6 heteroatoms. The summed E-state index contributed by atoms with van der Waals surface area (Å²) in [6.45, 7) is 0. The fraction of sp³-hybridized carbons (Fsp3) is 0.0588. The Hall–Kier alpha value is -3.15. The summed E-state index contributed by atoms with van der Waals surface area (Å²) in [5.74, 6) is -0.491. The van der Waals surface area contributed by atoms with Gasteiger partial charge in [0.1, 0.15) is 22.7 Å². The Morgan fingerprint density at radius 2 is 1.87 bits per heavy atom. The van der Waals surface area contributed by atoms with Crippen LogP contribution in [0.4, 0.5) is 10.1 Å². The number of hydrogen-bond donors (Lipinski definition) is 1. The van der Waals surface area contributed by atoms with E-state index < -0.39 is 17.3 Å². The highest BCUT2D eigenvalue weighted by molar-refractivity contribution is 6.05. The topological polar surface area (TPSA) is 68.5 Å². The van der Waals surface area contributed by atoms with E-state index in [0.29, 0.717) is 22.4 Å². The van der Waals surface area contributed by atoms with E-state index in [2.05, 4.69) is 5.32 Å². The molecule has 0 radical (unpaired) electrons. The Kier molecular flexibility index (Phi) is 3.80. The molecule has 1 heterocycles. The maximum Gasteiger partial charge on any atom is 0.349 e. The van der Waals surface area contributed by atoms with Crippen LogP contribution in [-0.2, 0) is 0 Å². The van der Waals surface area contributed by atoms with Crippen molar-refractivity contribution in [3.63, 3.8) is 0 Å². The number of ether oxygens (including phenoxy) is 1. The minimum atomic E-state index is -0.759. The first-order chi connectivity index (χ1) is 11.1. The number of benzene rings is 2. The first kappa shape index (κ1) is 14.8. The van der Waals surface area contributed by atoms with Gasteiger partial charge in [0.15, 0.2) is 0 Å². The molecule has 23 heavy (non-hydrogen) atoms. The largest absolute Gasteiger partial charge is 0.497 e. The van der Waals surface area contributed by atoms with Crippen LogP contribution in [-0.4, -0.2) is 13.0 Å². The highest BCUT2D eigenvalue weighted by atomic mass is 19.1. The number of carbonyl (C=O) groups excluding carboxylic acids is 1. The van der Waals surface area contributed by atoms with E-state index in [1.165, 1.54) is 37.4 Å². The molecule has 0 fully saturated rings. The summed E-state index contributed by atoms with van der Waals surface area (Å²) in [6, 6.07) is 11.6. The fourth-order valence-electron chi connectivity index (χ4n) is 2.11. The van der Waals surface area contributed by atoms with Crippen molar-refractivity contribution < 1.29 is 18.3 Å². The monoisotopic (exact) mass is 313 g/mol. The van der Waals surface area contributed by atoms with E-state index in [-0.39, 0.29) is 5.56 Å². The number of hydrogen-bond acceptors (Lipinski definition) is 4. The molecule has 0 spiro atoms. The van der Waals surface area contributed by atoms with Gasteiger partial charge in [-0.25, -0.2) is 9.18 Å². The van der Waals surface area contributed by atoms with Crippen LogP contribution in [0.25, 0.3) is 11.0 Å². The van der Waals surface area contributed by atoms with E-state index in [1.54, 1.807) is 18.2 Å². The predicted octanol–water partition coefficient (Wildman–Crippen LogP) is 3.19. The van der Waals surface area contributed by atoms with Gasteiger partial charge in [0.25, 0.3) is 5.91 Å². The van der Waals surface area contributed by atoms with Crippen LogP contribution >= 0.6 is 0 Å². The van der Waals surface area contributed by atoms with Gasteiger partial charge >= 0.3 is 5.63 Å². The molecule has 0 aliphatic rings. The van der Waals surface area contributed by atoms with E-state index in [1.807, 2.05) is 0 Å². The van der Waals surface area contributed by atoms with Crippen molar-refractivity contribution in [2.45, 2.75) is 0 Å². The average Bonchev–Trinajstić information content (AvgIpc) is 2.55. The van der Waals surface area contributed by atoms with Gasteiger partial charge in [0, 0.05) is 17.1 Å². The number of carbonyl (C=O) groups is 1. The third-order valence-electron chi connectivity index (χ3n) is 3.29. The van der Waals surface area contributed by atoms with Crippen molar-refractivity contribution in [1.82, 2.24) is 0 Å². The molecule has 3 rings (SSSR count). The molecule has 2 aromatic carbocycles. The van der Waals surface area contributed by atoms with Crippen molar-refractivity contribution in [2.75, 3.05) is 12.4 Å². The van der Waals surface area contributed by atoms with Crippen molar-refractivity contribution in [1.29, 1.82) is 0 Å².